The van der Waals surface area contributed by atoms with Crippen LogP contribution in [0.25, 0.3) is 11.2 Å². The number of urea groups is 1. The molecular formula is C23H26N6O7. The Kier molecular flexibility index (Phi) is 8.89. The summed E-state index contributed by atoms with van der Waals surface area (Å²) in [5.41, 5.74) is -0.435. The van der Waals surface area contributed by atoms with Gasteiger partial charge in [-0.15, -0.1) is 6.58 Å². The van der Waals surface area contributed by atoms with Crippen LogP contribution >= 0.6 is 0 Å². The van der Waals surface area contributed by atoms with Crippen LogP contribution in [0.2, 0.25) is 0 Å². The molecule has 1 aromatic carbocycles. The monoisotopic (exact) mass is 498 g/mol. The molecule has 36 heavy (non-hydrogen) atoms. The summed E-state index contributed by atoms with van der Waals surface area (Å²) >= 11 is 0. The van der Waals surface area contributed by atoms with E-state index in [1.165, 1.54) is 24.1 Å². The molecular weight excluding hydrogens is 472 g/mol. The van der Waals surface area contributed by atoms with E-state index in [1.807, 2.05) is 35.6 Å². The molecule has 0 fully saturated rings. The number of nitrogens with one attached hydrogen (secondary N) is 2. The number of fused-ring (bicyclic) bond motifs is 1. The van der Waals surface area contributed by atoms with Crippen molar-refractivity contribution in [2.24, 2.45) is 0 Å². The predicted octanol–water partition coefficient (Wildman–Crippen LogP) is -0.391. The van der Waals surface area contributed by atoms with E-state index in [1.54, 1.807) is 4.57 Å². The van der Waals surface area contributed by atoms with Crippen LogP contribution in [-0.2, 0) is 38.7 Å². The van der Waals surface area contributed by atoms with Crippen molar-refractivity contribution in [1.29, 1.82) is 0 Å². The largest absolute Gasteiger partial charge is 0.454 e. The van der Waals surface area contributed by atoms with Gasteiger partial charge in [0.1, 0.15) is 6.54 Å². The molecule has 0 saturated carbocycles. The number of hydrogen-bond donors (Lipinski definition) is 2. The average Bonchev–Trinajstić information content (AvgIpc) is 3.30. The Labute approximate surface area is 204 Å². The molecule has 3 aromatic rings. The third-order valence-corrected chi connectivity index (χ3v) is 5.01. The second-order valence-corrected chi connectivity index (χ2v) is 7.56. The first kappa shape index (κ1) is 26.1. The lowest BCUT2D eigenvalue weighted by Gasteiger charge is -2.13. The van der Waals surface area contributed by atoms with Crippen molar-refractivity contribution in [2.45, 2.75) is 19.6 Å². The van der Waals surface area contributed by atoms with Gasteiger partial charge in [0.05, 0.1) is 19.5 Å². The number of imide groups is 1. The molecule has 0 aliphatic carbocycles. The fourth-order valence-corrected chi connectivity index (χ4v) is 3.34. The Morgan fingerprint density at radius 1 is 1.14 bits per heavy atom. The Morgan fingerprint density at radius 2 is 1.89 bits per heavy atom. The maximum Gasteiger partial charge on any atom is 0.333 e. The number of aromatic nitrogens is 4. The van der Waals surface area contributed by atoms with Crippen LogP contribution in [0.3, 0.4) is 0 Å². The first-order chi connectivity index (χ1) is 17.3. The summed E-state index contributed by atoms with van der Waals surface area (Å²) in [6.45, 7) is 2.74. The normalized spacial score (nSPS) is 10.7. The zero-order valence-electron chi connectivity index (χ0n) is 19.6. The smallest absolute Gasteiger partial charge is 0.333 e. The van der Waals surface area contributed by atoms with Crippen LogP contribution in [0.15, 0.2) is 58.9 Å². The van der Waals surface area contributed by atoms with Crippen LogP contribution in [0.1, 0.15) is 5.56 Å². The van der Waals surface area contributed by atoms with E-state index in [-0.39, 0.29) is 24.3 Å². The Bertz CT molecular complexity index is 1370. The van der Waals surface area contributed by atoms with Crippen LogP contribution in [-0.4, -0.2) is 63.5 Å². The summed E-state index contributed by atoms with van der Waals surface area (Å²) in [6.07, 6.45) is 2.85. The topological polar surface area (TPSA) is 156 Å². The number of esters is 1. The average molecular weight is 498 g/mol. The molecule has 0 aliphatic heterocycles. The molecule has 2 N–H and O–H groups in total. The molecule has 0 aliphatic rings. The lowest BCUT2D eigenvalue weighted by atomic mass is 10.2. The lowest BCUT2D eigenvalue weighted by molar-refractivity contribution is -0.149. The molecule has 190 valence electrons. The third-order valence-electron chi connectivity index (χ3n) is 5.01. The van der Waals surface area contributed by atoms with E-state index in [9.17, 15) is 24.0 Å². The Hall–Kier alpha value is -4.52. The van der Waals surface area contributed by atoms with Gasteiger partial charge in [0.15, 0.2) is 17.8 Å². The zero-order chi connectivity index (χ0) is 26.1. The molecule has 3 rings (SSSR count). The first-order valence-corrected chi connectivity index (χ1v) is 10.9. The van der Waals surface area contributed by atoms with Crippen molar-refractivity contribution < 1.29 is 23.9 Å². The predicted molar refractivity (Wildman–Crippen MR) is 128 cm³/mol. The van der Waals surface area contributed by atoms with Crippen molar-refractivity contribution >= 4 is 29.1 Å². The molecule has 0 unspecified atom stereocenters. The molecule has 0 spiro atoms. The van der Waals surface area contributed by atoms with Crippen molar-refractivity contribution in [1.82, 2.24) is 29.3 Å². The van der Waals surface area contributed by atoms with Gasteiger partial charge in [-0.3, -0.25) is 24.3 Å². The van der Waals surface area contributed by atoms with Gasteiger partial charge in [-0.25, -0.2) is 19.1 Å². The van der Waals surface area contributed by atoms with Crippen molar-refractivity contribution in [3.05, 3.63) is 75.7 Å². The Balaban J connectivity index is 1.87. The second-order valence-electron chi connectivity index (χ2n) is 7.56. The molecule has 2 aromatic heterocycles. The summed E-state index contributed by atoms with van der Waals surface area (Å²) in [5.74, 6) is -1.89. The number of imidazole rings is 1. The number of ether oxygens (including phenoxy) is 2. The maximum atomic E-state index is 13.3. The van der Waals surface area contributed by atoms with E-state index >= 15 is 0 Å². The molecule has 0 radical (unpaired) electrons. The molecule has 13 heteroatoms. The van der Waals surface area contributed by atoms with Gasteiger partial charge in [-0.05, 0) is 5.56 Å². The zero-order valence-corrected chi connectivity index (χ0v) is 19.6. The lowest BCUT2D eigenvalue weighted by Crippen LogP contribution is -2.44. The SMILES string of the molecule is C=CCNC(=O)NC(=O)COC(=O)Cn1c(=O)c2c(ncn2CCOC)n(Cc2ccccc2)c1=O. The minimum absolute atomic E-state index is 0.106. The summed E-state index contributed by atoms with van der Waals surface area (Å²) < 4.78 is 13.5. The highest BCUT2D eigenvalue weighted by atomic mass is 16.5. The van der Waals surface area contributed by atoms with Crippen LogP contribution in [0.4, 0.5) is 4.79 Å². The molecule has 0 bridgehead atoms. The van der Waals surface area contributed by atoms with Gasteiger partial charge in [-0.2, -0.15) is 0 Å². The van der Waals surface area contributed by atoms with Gasteiger partial charge in [0, 0.05) is 20.2 Å². The van der Waals surface area contributed by atoms with Crippen LogP contribution < -0.4 is 21.9 Å². The Morgan fingerprint density at radius 3 is 2.58 bits per heavy atom. The fraction of sp³-hybridized carbons (Fsp3) is 0.304. The van der Waals surface area contributed by atoms with Gasteiger partial charge < -0.3 is 19.4 Å². The summed E-state index contributed by atoms with van der Waals surface area (Å²) in [6, 6.07) is 8.29. The maximum absolute atomic E-state index is 13.3. The van der Waals surface area contributed by atoms with Gasteiger partial charge in [0.2, 0.25) is 0 Å². The first-order valence-electron chi connectivity index (χ1n) is 10.9. The number of carbonyl (C=O) groups excluding carboxylic acids is 3. The van der Waals surface area contributed by atoms with Crippen molar-refractivity contribution in [3.8, 4) is 0 Å². The number of rotatable bonds is 11. The van der Waals surface area contributed by atoms with E-state index in [0.717, 1.165) is 10.1 Å². The summed E-state index contributed by atoms with van der Waals surface area (Å²) in [7, 11) is 1.51. The van der Waals surface area contributed by atoms with Crippen molar-refractivity contribution in [3.63, 3.8) is 0 Å². The third kappa shape index (κ3) is 6.33. The number of benzene rings is 1. The number of methoxy groups -OCH3 is 1. The van der Waals surface area contributed by atoms with E-state index in [4.69, 9.17) is 9.47 Å². The van der Waals surface area contributed by atoms with Crippen LogP contribution in [0, 0.1) is 0 Å². The number of hydrogen-bond acceptors (Lipinski definition) is 8. The number of nitrogens with zero attached hydrogens (tertiary/aromatic N) is 4. The molecule has 0 atom stereocenters. The number of carbonyl (C=O) groups is 3. The van der Waals surface area contributed by atoms with E-state index in [0.29, 0.717) is 13.2 Å². The van der Waals surface area contributed by atoms with Gasteiger partial charge in [0.25, 0.3) is 11.5 Å². The number of amides is 3. The summed E-state index contributed by atoms with van der Waals surface area (Å²) in [4.78, 5) is 66.5. The van der Waals surface area contributed by atoms with Crippen molar-refractivity contribution in [2.75, 3.05) is 26.9 Å². The van der Waals surface area contributed by atoms with E-state index in [2.05, 4.69) is 16.9 Å². The van der Waals surface area contributed by atoms with Crippen LogP contribution in [0.5, 0.6) is 0 Å². The standard InChI is InChI=1S/C23H26N6O7/c1-3-9-24-22(33)26-17(30)14-36-18(31)13-29-21(32)19-20(25-15-27(19)10-11-35-2)28(23(29)34)12-16-7-5-4-6-8-16/h3-8,15H,1,9-14H2,2H3,(H2,24,26,30,33). The highest BCUT2D eigenvalue weighted by Gasteiger charge is 2.21. The minimum atomic E-state index is -1.01. The van der Waals surface area contributed by atoms with E-state index < -0.39 is 42.3 Å². The molecule has 3 amide bonds. The van der Waals surface area contributed by atoms with Gasteiger partial charge in [-0.1, -0.05) is 36.4 Å². The molecule has 13 nitrogen and oxygen atoms in total. The highest BCUT2D eigenvalue weighted by molar-refractivity contribution is 5.95. The highest BCUT2D eigenvalue weighted by Crippen LogP contribution is 2.10. The van der Waals surface area contributed by atoms with Gasteiger partial charge >= 0.3 is 17.7 Å². The summed E-state index contributed by atoms with van der Waals surface area (Å²) in [5, 5.41) is 4.30. The molecule has 2 heterocycles. The quantitative estimate of drug-likeness (QED) is 0.267. The molecule has 0 saturated heterocycles. The second kappa shape index (κ2) is 12.3. The minimum Gasteiger partial charge on any atom is -0.454 e. The fourth-order valence-electron chi connectivity index (χ4n) is 3.34.